The number of nitrogens with zero attached hydrogens (tertiary/aromatic N) is 6. The fourth-order valence-electron chi connectivity index (χ4n) is 2.60. The van der Waals surface area contributed by atoms with E-state index in [9.17, 15) is 4.79 Å². The predicted molar refractivity (Wildman–Crippen MR) is 105 cm³/mol. The molecule has 27 heavy (non-hydrogen) atoms. The number of amides is 1. The largest absolute Gasteiger partial charge is 0.325 e. The third-order valence-electron chi connectivity index (χ3n) is 4.01. The number of thiophene rings is 1. The second kappa shape index (κ2) is 7.41. The van der Waals surface area contributed by atoms with Gasteiger partial charge in [0.15, 0.2) is 0 Å². The Morgan fingerprint density at radius 1 is 1.30 bits per heavy atom. The highest BCUT2D eigenvalue weighted by atomic mass is 32.2. The first kappa shape index (κ1) is 17.6. The normalized spacial score (nSPS) is 11.0. The fraction of sp³-hybridized carbons (Fsp3) is 0.176. The molecule has 0 spiro atoms. The van der Waals surface area contributed by atoms with Crippen LogP contribution in [0.25, 0.3) is 15.9 Å². The number of anilines is 1. The van der Waals surface area contributed by atoms with Gasteiger partial charge in [0.1, 0.15) is 22.5 Å². The minimum atomic E-state index is -0.106. The van der Waals surface area contributed by atoms with Crippen LogP contribution in [-0.2, 0) is 4.79 Å². The van der Waals surface area contributed by atoms with Crippen LogP contribution in [0.15, 0.2) is 41.9 Å². The van der Waals surface area contributed by atoms with Crippen LogP contribution in [0.2, 0.25) is 0 Å². The van der Waals surface area contributed by atoms with Crippen LogP contribution >= 0.6 is 23.1 Å². The lowest BCUT2D eigenvalue weighted by Gasteiger charge is -2.07. The molecule has 0 fully saturated rings. The molecule has 10 heteroatoms. The predicted octanol–water partition coefficient (Wildman–Crippen LogP) is 3.01. The molecule has 0 radical (unpaired) electrons. The van der Waals surface area contributed by atoms with Gasteiger partial charge in [0.25, 0.3) is 0 Å². The van der Waals surface area contributed by atoms with Crippen LogP contribution in [0.3, 0.4) is 0 Å². The summed E-state index contributed by atoms with van der Waals surface area (Å²) >= 11 is 3.06. The van der Waals surface area contributed by atoms with Gasteiger partial charge in [-0.25, -0.2) is 14.6 Å². The van der Waals surface area contributed by atoms with Crippen LogP contribution in [0.4, 0.5) is 5.69 Å². The van der Waals surface area contributed by atoms with Crippen LogP contribution in [0, 0.1) is 13.8 Å². The molecule has 0 aliphatic carbocycles. The van der Waals surface area contributed by atoms with Crippen molar-refractivity contribution < 1.29 is 4.79 Å². The summed E-state index contributed by atoms with van der Waals surface area (Å²) in [6.45, 7) is 4.13. The van der Waals surface area contributed by atoms with Gasteiger partial charge in [0.2, 0.25) is 5.91 Å². The highest BCUT2D eigenvalue weighted by molar-refractivity contribution is 8.00. The molecule has 4 aromatic rings. The molecule has 0 saturated heterocycles. The average Bonchev–Trinajstić information content (AvgIpc) is 3.30. The first-order valence-electron chi connectivity index (χ1n) is 8.08. The van der Waals surface area contributed by atoms with Gasteiger partial charge in [0.05, 0.1) is 11.4 Å². The maximum atomic E-state index is 12.4. The van der Waals surface area contributed by atoms with Crippen molar-refractivity contribution in [2.45, 2.75) is 18.9 Å². The molecule has 136 valence electrons. The SMILES string of the molecule is Cc1sc2ncnc(SCC(=O)Nc3cccc(-n4cnnn4)c3)c2c1C. The van der Waals surface area contributed by atoms with Gasteiger partial charge in [-0.2, -0.15) is 0 Å². The zero-order chi connectivity index (χ0) is 18.8. The van der Waals surface area contributed by atoms with E-state index in [4.69, 9.17) is 0 Å². The fourth-order valence-corrected chi connectivity index (χ4v) is 4.51. The maximum absolute atomic E-state index is 12.4. The molecule has 3 heterocycles. The summed E-state index contributed by atoms with van der Waals surface area (Å²) in [6, 6.07) is 7.34. The van der Waals surface area contributed by atoms with Gasteiger partial charge in [-0.3, -0.25) is 4.79 Å². The van der Waals surface area contributed by atoms with Gasteiger partial charge in [0, 0.05) is 16.0 Å². The van der Waals surface area contributed by atoms with E-state index in [0.29, 0.717) is 5.69 Å². The smallest absolute Gasteiger partial charge is 0.234 e. The number of hydrogen-bond donors (Lipinski definition) is 1. The molecule has 0 unspecified atom stereocenters. The monoisotopic (exact) mass is 397 g/mol. The third-order valence-corrected chi connectivity index (χ3v) is 6.12. The molecule has 1 aromatic carbocycles. The molecule has 0 bridgehead atoms. The zero-order valence-corrected chi connectivity index (χ0v) is 16.2. The number of thioether (sulfide) groups is 1. The Kier molecular flexibility index (Phi) is 4.82. The quantitative estimate of drug-likeness (QED) is 0.408. The van der Waals surface area contributed by atoms with Crippen molar-refractivity contribution in [1.29, 1.82) is 0 Å². The second-order valence-electron chi connectivity index (χ2n) is 5.78. The topological polar surface area (TPSA) is 98.5 Å². The van der Waals surface area contributed by atoms with Crippen molar-refractivity contribution in [3.05, 3.63) is 47.4 Å². The molecule has 0 atom stereocenters. The van der Waals surface area contributed by atoms with Gasteiger partial charge in [-0.15, -0.1) is 16.4 Å². The summed E-state index contributed by atoms with van der Waals surface area (Å²) in [5, 5.41) is 15.9. The van der Waals surface area contributed by atoms with E-state index in [-0.39, 0.29) is 11.7 Å². The highest BCUT2D eigenvalue weighted by Crippen LogP contribution is 2.34. The Labute approximate surface area is 163 Å². The lowest BCUT2D eigenvalue weighted by molar-refractivity contribution is -0.113. The highest BCUT2D eigenvalue weighted by Gasteiger charge is 2.14. The number of aryl methyl sites for hydroxylation is 2. The first-order chi connectivity index (χ1) is 13.1. The number of fused-ring (bicyclic) bond motifs is 1. The van der Waals surface area contributed by atoms with E-state index in [2.05, 4.69) is 44.7 Å². The van der Waals surface area contributed by atoms with Crippen LogP contribution in [-0.4, -0.2) is 41.8 Å². The van der Waals surface area contributed by atoms with E-state index in [1.54, 1.807) is 17.7 Å². The Bertz CT molecular complexity index is 1110. The summed E-state index contributed by atoms with van der Waals surface area (Å²) < 4.78 is 1.53. The Morgan fingerprint density at radius 2 is 2.19 bits per heavy atom. The van der Waals surface area contributed by atoms with E-state index >= 15 is 0 Å². The molecule has 4 rings (SSSR count). The molecule has 0 aliphatic heterocycles. The van der Waals surface area contributed by atoms with Crippen molar-refractivity contribution in [3.63, 3.8) is 0 Å². The minimum absolute atomic E-state index is 0.106. The Morgan fingerprint density at radius 3 is 3.00 bits per heavy atom. The van der Waals surface area contributed by atoms with Gasteiger partial charge < -0.3 is 5.32 Å². The Hall–Kier alpha value is -2.85. The second-order valence-corrected chi connectivity index (χ2v) is 7.95. The van der Waals surface area contributed by atoms with E-state index in [1.807, 2.05) is 24.3 Å². The summed E-state index contributed by atoms with van der Waals surface area (Å²) in [5.74, 6) is 0.153. The number of nitrogens with one attached hydrogen (secondary N) is 1. The molecular weight excluding hydrogens is 382 g/mol. The molecule has 8 nitrogen and oxygen atoms in total. The first-order valence-corrected chi connectivity index (χ1v) is 9.89. The number of hydrogen-bond acceptors (Lipinski definition) is 8. The van der Waals surface area contributed by atoms with E-state index in [1.165, 1.54) is 33.2 Å². The number of carbonyl (C=O) groups excluding carboxylic acids is 1. The molecule has 1 N–H and O–H groups in total. The molecule has 1 amide bonds. The minimum Gasteiger partial charge on any atom is -0.325 e. The van der Waals surface area contributed by atoms with Gasteiger partial charge in [-0.05, 0) is 48.0 Å². The molecule has 3 aromatic heterocycles. The average molecular weight is 397 g/mol. The van der Waals surface area contributed by atoms with Crippen LogP contribution in [0.1, 0.15) is 10.4 Å². The van der Waals surface area contributed by atoms with Crippen LogP contribution in [0.5, 0.6) is 0 Å². The van der Waals surface area contributed by atoms with Crippen molar-refractivity contribution >= 4 is 44.9 Å². The lowest BCUT2D eigenvalue weighted by atomic mass is 10.2. The van der Waals surface area contributed by atoms with Crippen LogP contribution < -0.4 is 5.32 Å². The van der Waals surface area contributed by atoms with Gasteiger partial charge >= 0.3 is 0 Å². The maximum Gasteiger partial charge on any atom is 0.234 e. The number of benzene rings is 1. The van der Waals surface area contributed by atoms with Crippen molar-refractivity contribution in [2.24, 2.45) is 0 Å². The van der Waals surface area contributed by atoms with Crippen molar-refractivity contribution in [2.75, 3.05) is 11.1 Å². The van der Waals surface area contributed by atoms with Gasteiger partial charge in [-0.1, -0.05) is 17.8 Å². The zero-order valence-electron chi connectivity index (χ0n) is 14.6. The van der Waals surface area contributed by atoms with Crippen molar-refractivity contribution in [3.8, 4) is 5.69 Å². The van der Waals surface area contributed by atoms with E-state index < -0.39 is 0 Å². The number of rotatable bonds is 5. The number of tetrazole rings is 1. The summed E-state index contributed by atoms with van der Waals surface area (Å²) in [7, 11) is 0. The molecule has 0 saturated carbocycles. The lowest BCUT2D eigenvalue weighted by Crippen LogP contribution is -2.14. The van der Waals surface area contributed by atoms with E-state index in [0.717, 1.165) is 20.9 Å². The summed E-state index contributed by atoms with van der Waals surface area (Å²) in [6.07, 6.45) is 3.05. The summed E-state index contributed by atoms with van der Waals surface area (Å²) in [5.41, 5.74) is 2.63. The molecular formula is C17H15N7OS2. The standard InChI is InChI=1S/C17H15N7OS2/c1-10-11(2)27-17-15(10)16(18-8-19-17)26-7-14(25)21-12-4-3-5-13(6-12)24-9-20-22-23-24/h3-6,8-9H,7H2,1-2H3,(H,21,25). The number of carbonyl (C=O) groups is 1. The third kappa shape index (κ3) is 3.67. The molecule has 0 aliphatic rings. The Balaban J connectivity index is 1.46. The number of aromatic nitrogens is 6. The summed E-state index contributed by atoms with van der Waals surface area (Å²) in [4.78, 5) is 23.3. The van der Waals surface area contributed by atoms with Crippen molar-refractivity contribution in [1.82, 2.24) is 30.2 Å².